The minimum absolute atomic E-state index is 0.0804. The van der Waals surface area contributed by atoms with Crippen molar-refractivity contribution in [2.24, 2.45) is 0 Å². The van der Waals surface area contributed by atoms with Crippen molar-refractivity contribution in [1.29, 1.82) is 0 Å². The molecule has 8 heteroatoms. The SMILES string of the molecule is O=C(NCc1c(F)cc(F)cc1F)OC(=O)C1=CCC=CN1. The van der Waals surface area contributed by atoms with Gasteiger partial charge in [-0.2, -0.15) is 0 Å². The predicted molar refractivity (Wildman–Crippen MR) is 69.6 cm³/mol. The minimum atomic E-state index is -1.18. The van der Waals surface area contributed by atoms with E-state index in [4.69, 9.17) is 0 Å². The Morgan fingerprint density at radius 1 is 1.23 bits per heavy atom. The number of carbonyl (C=O) groups excluding carboxylic acids is 2. The van der Waals surface area contributed by atoms with Crippen LogP contribution >= 0.6 is 0 Å². The van der Waals surface area contributed by atoms with Crippen LogP contribution in [0.25, 0.3) is 0 Å². The van der Waals surface area contributed by atoms with Crippen LogP contribution in [0.4, 0.5) is 18.0 Å². The Morgan fingerprint density at radius 3 is 2.50 bits per heavy atom. The Bertz CT molecular complexity index is 648. The molecule has 22 heavy (non-hydrogen) atoms. The van der Waals surface area contributed by atoms with Gasteiger partial charge >= 0.3 is 12.1 Å². The zero-order chi connectivity index (χ0) is 16.1. The number of benzene rings is 1. The topological polar surface area (TPSA) is 67.4 Å². The number of carbonyl (C=O) groups is 2. The van der Waals surface area contributed by atoms with E-state index in [9.17, 15) is 22.8 Å². The number of esters is 1. The van der Waals surface area contributed by atoms with E-state index in [0.717, 1.165) is 0 Å². The van der Waals surface area contributed by atoms with Crippen molar-refractivity contribution in [1.82, 2.24) is 10.6 Å². The highest BCUT2D eigenvalue weighted by molar-refractivity contribution is 5.95. The van der Waals surface area contributed by atoms with Gasteiger partial charge in [-0.15, -0.1) is 0 Å². The van der Waals surface area contributed by atoms with Gasteiger partial charge in [-0.1, -0.05) is 6.08 Å². The van der Waals surface area contributed by atoms with Crippen molar-refractivity contribution < 1.29 is 27.5 Å². The molecule has 116 valence electrons. The Hall–Kier alpha value is -2.77. The predicted octanol–water partition coefficient (Wildman–Crippen LogP) is 2.25. The summed E-state index contributed by atoms with van der Waals surface area (Å²) in [5.74, 6) is -4.29. The lowest BCUT2D eigenvalue weighted by molar-refractivity contribution is -0.133. The molecule has 1 aromatic carbocycles. The van der Waals surface area contributed by atoms with Crippen molar-refractivity contribution in [3.8, 4) is 0 Å². The Balaban J connectivity index is 1.91. The summed E-state index contributed by atoms with van der Waals surface area (Å²) < 4.78 is 43.9. The number of hydrogen-bond acceptors (Lipinski definition) is 4. The van der Waals surface area contributed by atoms with E-state index in [1.807, 2.05) is 5.32 Å². The van der Waals surface area contributed by atoms with Gasteiger partial charge in [-0.3, -0.25) is 0 Å². The van der Waals surface area contributed by atoms with E-state index in [-0.39, 0.29) is 5.70 Å². The summed E-state index contributed by atoms with van der Waals surface area (Å²) in [6.07, 6.45) is 4.10. The van der Waals surface area contributed by atoms with E-state index >= 15 is 0 Å². The van der Waals surface area contributed by atoms with Crippen LogP contribution < -0.4 is 10.6 Å². The van der Waals surface area contributed by atoms with E-state index in [1.54, 1.807) is 6.08 Å². The van der Waals surface area contributed by atoms with E-state index in [0.29, 0.717) is 18.6 Å². The highest BCUT2D eigenvalue weighted by Crippen LogP contribution is 2.14. The second kappa shape index (κ2) is 6.79. The maximum absolute atomic E-state index is 13.3. The maximum Gasteiger partial charge on any atom is 0.415 e. The number of halogens is 3. The van der Waals surface area contributed by atoms with Crippen LogP contribution in [0, 0.1) is 17.5 Å². The van der Waals surface area contributed by atoms with Crippen molar-refractivity contribution in [3.63, 3.8) is 0 Å². The summed E-state index contributed by atoms with van der Waals surface area (Å²) in [5.41, 5.74) is -0.458. The van der Waals surface area contributed by atoms with Crippen LogP contribution in [0.5, 0.6) is 0 Å². The van der Waals surface area contributed by atoms with Gasteiger partial charge in [0.15, 0.2) is 0 Å². The molecule has 0 fully saturated rings. The molecule has 0 aromatic heterocycles. The lowest BCUT2D eigenvalue weighted by Gasteiger charge is -2.10. The molecule has 0 atom stereocenters. The summed E-state index contributed by atoms with van der Waals surface area (Å²) >= 11 is 0. The van der Waals surface area contributed by atoms with Crippen LogP contribution in [-0.4, -0.2) is 12.1 Å². The second-order valence-corrected chi connectivity index (χ2v) is 4.28. The maximum atomic E-state index is 13.3. The molecule has 0 spiro atoms. The zero-order valence-corrected chi connectivity index (χ0v) is 11.2. The molecule has 0 saturated carbocycles. The number of alkyl carbamates (subject to hydrolysis) is 1. The van der Waals surface area contributed by atoms with Gasteiger partial charge < -0.3 is 15.4 Å². The van der Waals surface area contributed by atoms with Gasteiger partial charge in [-0.05, 0) is 18.7 Å². The quantitative estimate of drug-likeness (QED) is 0.663. The fourth-order valence-corrected chi connectivity index (χ4v) is 1.68. The summed E-state index contributed by atoms with van der Waals surface area (Å²) in [6, 6.07) is 0.972. The largest absolute Gasteiger partial charge is 0.415 e. The third-order valence-electron chi connectivity index (χ3n) is 2.74. The summed E-state index contributed by atoms with van der Waals surface area (Å²) in [5, 5.41) is 4.60. The molecule has 2 N–H and O–H groups in total. The molecule has 0 saturated heterocycles. The Labute approximate surface area is 123 Å². The van der Waals surface area contributed by atoms with Gasteiger partial charge in [0, 0.05) is 17.7 Å². The van der Waals surface area contributed by atoms with Crippen molar-refractivity contribution in [2.45, 2.75) is 13.0 Å². The fraction of sp³-hybridized carbons (Fsp3) is 0.143. The second-order valence-electron chi connectivity index (χ2n) is 4.28. The first-order chi connectivity index (χ1) is 10.5. The molecular weight excluding hydrogens is 301 g/mol. The molecule has 0 aliphatic carbocycles. The molecule has 2 rings (SSSR count). The molecule has 1 aliphatic heterocycles. The number of dihydropyridines is 1. The normalized spacial score (nSPS) is 13.1. The van der Waals surface area contributed by atoms with Crippen molar-refractivity contribution >= 4 is 12.1 Å². The van der Waals surface area contributed by atoms with Crippen LogP contribution in [0.3, 0.4) is 0 Å². The average molecular weight is 312 g/mol. The standard InChI is InChI=1S/C14H11F3N2O3/c15-8-5-10(16)9(11(17)6-8)7-19-14(21)22-13(20)12-3-1-2-4-18-12/h2-6,18H,1,7H2,(H,19,21). The monoisotopic (exact) mass is 312 g/mol. The van der Waals surface area contributed by atoms with Gasteiger partial charge in [0.25, 0.3) is 0 Å². The number of hydrogen-bond donors (Lipinski definition) is 2. The first-order valence-corrected chi connectivity index (χ1v) is 6.22. The highest BCUT2D eigenvalue weighted by Gasteiger charge is 2.17. The fourth-order valence-electron chi connectivity index (χ4n) is 1.68. The van der Waals surface area contributed by atoms with Gasteiger partial charge in [-0.25, -0.2) is 22.8 Å². The molecule has 5 nitrogen and oxygen atoms in total. The van der Waals surface area contributed by atoms with Crippen LogP contribution in [0.15, 0.2) is 36.2 Å². The lowest BCUT2D eigenvalue weighted by atomic mass is 10.2. The average Bonchev–Trinajstić information content (AvgIpc) is 2.47. The van der Waals surface area contributed by atoms with Crippen LogP contribution in [0.2, 0.25) is 0 Å². The minimum Gasteiger partial charge on any atom is -0.371 e. The molecular formula is C14H11F3N2O3. The highest BCUT2D eigenvalue weighted by atomic mass is 19.1. The number of nitrogens with one attached hydrogen (secondary N) is 2. The molecule has 1 aromatic rings. The van der Waals surface area contributed by atoms with Crippen molar-refractivity contribution in [2.75, 3.05) is 0 Å². The summed E-state index contributed by atoms with van der Waals surface area (Å²) in [6.45, 7) is -0.587. The van der Waals surface area contributed by atoms with Crippen LogP contribution in [0.1, 0.15) is 12.0 Å². The number of ether oxygens (including phenoxy) is 1. The van der Waals surface area contributed by atoms with Gasteiger partial charge in [0.05, 0.1) is 6.54 Å². The summed E-state index contributed by atoms with van der Waals surface area (Å²) in [7, 11) is 0. The zero-order valence-electron chi connectivity index (χ0n) is 11.2. The third kappa shape index (κ3) is 3.87. The lowest BCUT2D eigenvalue weighted by Crippen LogP contribution is -2.30. The smallest absolute Gasteiger partial charge is 0.371 e. The number of allylic oxidation sites excluding steroid dienone is 2. The Morgan fingerprint density at radius 2 is 1.91 bits per heavy atom. The Kier molecular flexibility index (Phi) is 4.82. The third-order valence-corrected chi connectivity index (χ3v) is 2.74. The van der Waals surface area contributed by atoms with E-state index in [1.165, 1.54) is 12.3 Å². The molecule has 0 radical (unpaired) electrons. The first kappa shape index (κ1) is 15.6. The van der Waals surface area contributed by atoms with Crippen molar-refractivity contribution in [3.05, 3.63) is 59.2 Å². The van der Waals surface area contributed by atoms with E-state index < -0.39 is 41.6 Å². The molecule has 0 unspecified atom stereocenters. The molecule has 1 aliphatic rings. The summed E-state index contributed by atoms with van der Waals surface area (Å²) in [4.78, 5) is 23.0. The number of rotatable bonds is 3. The molecule has 0 bridgehead atoms. The molecule has 1 heterocycles. The molecule has 1 amide bonds. The van der Waals surface area contributed by atoms with Crippen LogP contribution in [-0.2, 0) is 16.1 Å². The van der Waals surface area contributed by atoms with Gasteiger partial charge in [0.2, 0.25) is 0 Å². The van der Waals surface area contributed by atoms with E-state index in [2.05, 4.69) is 10.1 Å². The first-order valence-electron chi connectivity index (χ1n) is 6.22. The van der Waals surface area contributed by atoms with Gasteiger partial charge in [0.1, 0.15) is 23.1 Å². The number of amides is 1.